The molecule has 0 spiro atoms. The fourth-order valence-corrected chi connectivity index (χ4v) is 4.15. The Morgan fingerprint density at radius 1 is 1.09 bits per heavy atom. The molecule has 0 bridgehead atoms. The number of para-hydroxylation sites is 1. The second-order valence-electron chi connectivity index (χ2n) is 8.05. The van der Waals surface area contributed by atoms with Crippen molar-refractivity contribution < 1.29 is 9.90 Å². The second-order valence-corrected chi connectivity index (χ2v) is 8.05. The van der Waals surface area contributed by atoms with E-state index in [0.29, 0.717) is 22.9 Å². The van der Waals surface area contributed by atoms with Gasteiger partial charge in [0, 0.05) is 30.5 Å². The number of aliphatic hydroxyl groups is 1. The van der Waals surface area contributed by atoms with E-state index in [2.05, 4.69) is 20.5 Å². The highest BCUT2D eigenvalue weighted by Crippen LogP contribution is 2.30. The smallest absolute Gasteiger partial charge is 0.229 e. The third kappa shape index (κ3) is 4.22. The summed E-state index contributed by atoms with van der Waals surface area (Å²) in [5.74, 6) is 1.03. The standard InChI is InChI=1S/C24H25N7O2/c1-16(33)26-17-9-11-18(12-10-17)27-22-21-23(31(15-25-21)19-6-3-2-4-7-19)29-24(28-22)30-13-5-8-20(30)14-32/h2-4,6-7,9-12,15,20,32H,5,8,13-14H2,1H3,(H,26,33)(H,27,28,29). The fraction of sp³-hybridized carbons (Fsp3) is 0.250. The van der Waals surface area contributed by atoms with Gasteiger partial charge in [-0.2, -0.15) is 9.97 Å². The topological polar surface area (TPSA) is 108 Å². The maximum absolute atomic E-state index is 11.3. The number of aromatic nitrogens is 4. The molecule has 1 atom stereocenters. The molecule has 9 nitrogen and oxygen atoms in total. The molecule has 4 aromatic rings. The summed E-state index contributed by atoms with van der Waals surface area (Å²) in [6.45, 7) is 2.33. The molecule has 2 aromatic carbocycles. The summed E-state index contributed by atoms with van der Waals surface area (Å²) >= 11 is 0. The van der Waals surface area contributed by atoms with Gasteiger partial charge in [-0.15, -0.1) is 0 Å². The number of hydrogen-bond acceptors (Lipinski definition) is 7. The van der Waals surface area contributed by atoms with Gasteiger partial charge in [-0.05, 0) is 49.2 Å². The fourth-order valence-electron chi connectivity index (χ4n) is 4.15. The molecule has 1 fully saturated rings. The molecule has 1 saturated heterocycles. The minimum Gasteiger partial charge on any atom is -0.394 e. The average Bonchev–Trinajstić information content (AvgIpc) is 3.47. The van der Waals surface area contributed by atoms with Crippen molar-refractivity contribution in [3.63, 3.8) is 0 Å². The highest BCUT2D eigenvalue weighted by molar-refractivity contribution is 5.90. The second kappa shape index (κ2) is 8.87. The first-order chi connectivity index (χ1) is 16.1. The minimum absolute atomic E-state index is 0.000311. The molecule has 168 valence electrons. The van der Waals surface area contributed by atoms with Crippen LogP contribution in [0.1, 0.15) is 19.8 Å². The molecular formula is C24H25N7O2. The molecule has 1 unspecified atom stereocenters. The van der Waals surface area contributed by atoms with Crippen LogP contribution in [0, 0.1) is 0 Å². The van der Waals surface area contributed by atoms with E-state index in [1.807, 2.05) is 59.2 Å². The highest BCUT2D eigenvalue weighted by Gasteiger charge is 2.28. The first-order valence-electron chi connectivity index (χ1n) is 10.9. The number of imidazole rings is 1. The van der Waals surface area contributed by atoms with Gasteiger partial charge < -0.3 is 20.6 Å². The van der Waals surface area contributed by atoms with Crippen molar-refractivity contribution in [3.8, 4) is 5.69 Å². The van der Waals surface area contributed by atoms with Crippen molar-refractivity contribution in [2.45, 2.75) is 25.8 Å². The van der Waals surface area contributed by atoms with Crippen molar-refractivity contribution in [2.75, 3.05) is 28.7 Å². The molecule has 3 N–H and O–H groups in total. The van der Waals surface area contributed by atoms with Crippen LogP contribution >= 0.6 is 0 Å². The van der Waals surface area contributed by atoms with E-state index >= 15 is 0 Å². The molecule has 0 radical (unpaired) electrons. The molecule has 5 rings (SSSR count). The Morgan fingerprint density at radius 3 is 2.58 bits per heavy atom. The molecule has 1 aliphatic rings. The summed E-state index contributed by atoms with van der Waals surface area (Å²) in [6.07, 6.45) is 3.64. The summed E-state index contributed by atoms with van der Waals surface area (Å²) in [5.41, 5.74) is 3.82. The molecule has 33 heavy (non-hydrogen) atoms. The van der Waals surface area contributed by atoms with Crippen LogP contribution in [0.15, 0.2) is 60.9 Å². The first-order valence-corrected chi connectivity index (χ1v) is 10.9. The van der Waals surface area contributed by atoms with Gasteiger partial charge in [-0.1, -0.05) is 18.2 Å². The number of carbonyl (C=O) groups excluding carboxylic acids is 1. The van der Waals surface area contributed by atoms with Gasteiger partial charge in [-0.3, -0.25) is 9.36 Å². The van der Waals surface area contributed by atoms with Gasteiger partial charge in [0.1, 0.15) is 6.33 Å². The maximum Gasteiger partial charge on any atom is 0.229 e. The number of rotatable bonds is 6. The van der Waals surface area contributed by atoms with Crippen LogP contribution < -0.4 is 15.5 Å². The number of nitrogens with one attached hydrogen (secondary N) is 2. The van der Waals surface area contributed by atoms with Crippen LogP contribution in [-0.4, -0.2) is 49.7 Å². The van der Waals surface area contributed by atoms with E-state index in [-0.39, 0.29) is 18.6 Å². The molecular weight excluding hydrogens is 418 g/mol. The van der Waals surface area contributed by atoms with E-state index in [9.17, 15) is 9.90 Å². The van der Waals surface area contributed by atoms with Crippen molar-refractivity contribution in [3.05, 3.63) is 60.9 Å². The number of carbonyl (C=O) groups is 1. The summed E-state index contributed by atoms with van der Waals surface area (Å²) < 4.78 is 1.94. The van der Waals surface area contributed by atoms with Crippen molar-refractivity contribution in [1.82, 2.24) is 19.5 Å². The number of anilines is 4. The highest BCUT2D eigenvalue weighted by atomic mass is 16.3. The number of nitrogens with zero attached hydrogens (tertiary/aromatic N) is 5. The van der Waals surface area contributed by atoms with E-state index < -0.39 is 0 Å². The van der Waals surface area contributed by atoms with Gasteiger partial charge in [0.05, 0.1) is 12.6 Å². The number of aliphatic hydroxyl groups excluding tert-OH is 1. The summed E-state index contributed by atoms with van der Waals surface area (Å²) in [7, 11) is 0. The van der Waals surface area contributed by atoms with Crippen LogP contribution in [0.4, 0.5) is 23.1 Å². The summed E-state index contributed by atoms with van der Waals surface area (Å²) in [6, 6.07) is 17.3. The Labute approximate surface area is 191 Å². The maximum atomic E-state index is 11.3. The van der Waals surface area contributed by atoms with Gasteiger partial charge >= 0.3 is 0 Å². The number of amides is 1. The first kappa shape index (κ1) is 20.9. The van der Waals surface area contributed by atoms with Gasteiger partial charge in [0.2, 0.25) is 11.9 Å². The zero-order valence-electron chi connectivity index (χ0n) is 18.3. The molecule has 0 aliphatic carbocycles. The molecule has 2 aromatic heterocycles. The summed E-state index contributed by atoms with van der Waals surface area (Å²) in [5, 5.41) is 16.0. The number of benzene rings is 2. The van der Waals surface area contributed by atoms with Gasteiger partial charge in [0.15, 0.2) is 17.0 Å². The van der Waals surface area contributed by atoms with E-state index in [1.165, 1.54) is 6.92 Å². The Hall–Kier alpha value is -3.98. The van der Waals surface area contributed by atoms with E-state index in [0.717, 1.165) is 36.4 Å². The lowest BCUT2D eigenvalue weighted by Crippen LogP contribution is -2.33. The minimum atomic E-state index is -0.117. The SMILES string of the molecule is CC(=O)Nc1ccc(Nc2nc(N3CCCC3CO)nc3c2ncn3-c2ccccc2)cc1. The van der Waals surface area contributed by atoms with Crippen LogP contribution in [0.5, 0.6) is 0 Å². The van der Waals surface area contributed by atoms with E-state index in [1.54, 1.807) is 6.33 Å². The Bertz CT molecular complexity index is 1270. The Morgan fingerprint density at radius 2 is 1.85 bits per heavy atom. The summed E-state index contributed by atoms with van der Waals surface area (Å²) in [4.78, 5) is 27.6. The van der Waals surface area contributed by atoms with Crippen molar-refractivity contribution in [2.24, 2.45) is 0 Å². The lowest BCUT2D eigenvalue weighted by atomic mass is 10.2. The number of hydrogen-bond donors (Lipinski definition) is 3. The quantitative estimate of drug-likeness (QED) is 0.419. The molecule has 9 heteroatoms. The van der Waals surface area contributed by atoms with Crippen LogP contribution in [0.2, 0.25) is 0 Å². The molecule has 1 aliphatic heterocycles. The monoisotopic (exact) mass is 443 g/mol. The zero-order valence-corrected chi connectivity index (χ0v) is 18.3. The van der Waals surface area contributed by atoms with Gasteiger partial charge in [-0.25, -0.2) is 4.98 Å². The van der Waals surface area contributed by atoms with Crippen molar-refractivity contribution in [1.29, 1.82) is 0 Å². The Kier molecular flexibility index (Phi) is 5.62. The molecule has 3 heterocycles. The van der Waals surface area contributed by atoms with Gasteiger partial charge in [0.25, 0.3) is 0 Å². The third-order valence-corrected chi connectivity index (χ3v) is 5.73. The zero-order chi connectivity index (χ0) is 22.8. The average molecular weight is 444 g/mol. The Balaban J connectivity index is 1.58. The normalized spacial score (nSPS) is 15.7. The predicted octanol–water partition coefficient (Wildman–Crippen LogP) is 3.48. The largest absolute Gasteiger partial charge is 0.394 e. The molecule has 1 amide bonds. The van der Waals surface area contributed by atoms with Crippen molar-refractivity contribution >= 4 is 40.2 Å². The van der Waals surface area contributed by atoms with Crippen LogP contribution in [-0.2, 0) is 4.79 Å². The molecule has 0 saturated carbocycles. The predicted molar refractivity (Wildman–Crippen MR) is 128 cm³/mol. The lowest BCUT2D eigenvalue weighted by Gasteiger charge is -2.23. The van der Waals surface area contributed by atoms with Crippen LogP contribution in [0.25, 0.3) is 16.9 Å². The number of fused-ring (bicyclic) bond motifs is 1. The third-order valence-electron chi connectivity index (χ3n) is 5.73. The van der Waals surface area contributed by atoms with Crippen LogP contribution in [0.3, 0.4) is 0 Å². The van der Waals surface area contributed by atoms with E-state index in [4.69, 9.17) is 9.97 Å². The lowest BCUT2D eigenvalue weighted by molar-refractivity contribution is -0.114.